The van der Waals surface area contributed by atoms with Crippen LogP contribution in [0.15, 0.2) is 60.7 Å². The van der Waals surface area contributed by atoms with Gasteiger partial charge in [0.2, 0.25) is 5.91 Å². The number of benzene rings is 2. The van der Waals surface area contributed by atoms with Gasteiger partial charge in [-0.2, -0.15) is 0 Å². The molecule has 1 amide bonds. The van der Waals surface area contributed by atoms with Crippen molar-refractivity contribution in [2.24, 2.45) is 5.92 Å². The molecule has 2 saturated heterocycles. The summed E-state index contributed by atoms with van der Waals surface area (Å²) in [6.07, 6.45) is -2.33. The Morgan fingerprint density at radius 1 is 0.795 bits per heavy atom. The minimum atomic E-state index is -2.27. The largest absolute Gasteiger partial charge is 0.479 e. The lowest BCUT2D eigenvalue weighted by atomic mass is 9.65. The van der Waals surface area contributed by atoms with E-state index in [-0.39, 0.29) is 11.8 Å². The highest BCUT2D eigenvalue weighted by molar-refractivity contribution is 5.93. The van der Waals surface area contributed by atoms with Gasteiger partial charge in [-0.3, -0.25) is 9.69 Å². The van der Waals surface area contributed by atoms with Crippen LogP contribution in [0.4, 0.5) is 0 Å². The van der Waals surface area contributed by atoms with Crippen LogP contribution in [-0.4, -0.2) is 106 Å². The second-order valence-electron chi connectivity index (χ2n) is 9.92. The SMILES string of the molecule is C[C@H](CN1CCOCC1)C(C(=O)N1CCCC1)(c1ccccc1)c1ccccc1.O=C(O)C(O)C(O)C(=O)O. The molecule has 4 N–H and O–H groups in total. The van der Waals surface area contributed by atoms with Gasteiger partial charge in [0.1, 0.15) is 5.41 Å². The summed E-state index contributed by atoms with van der Waals surface area (Å²) in [6, 6.07) is 20.9. The summed E-state index contributed by atoms with van der Waals surface area (Å²) in [5, 5.41) is 32.5. The summed E-state index contributed by atoms with van der Waals surface area (Å²) in [4.78, 5) is 38.3. The lowest BCUT2D eigenvalue weighted by Crippen LogP contribution is -2.54. The summed E-state index contributed by atoms with van der Waals surface area (Å²) in [5.41, 5.74) is 1.53. The van der Waals surface area contributed by atoms with Crippen molar-refractivity contribution in [3.05, 3.63) is 71.8 Å². The molecule has 10 nitrogen and oxygen atoms in total. The van der Waals surface area contributed by atoms with Crippen molar-refractivity contribution in [2.75, 3.05) is 45.9 Å². The molecule has 0 spiro atoms. The number of morpholine rings is 1. The molecular weight excluding hydrogens is 504 g/mol. The van der Waals surface area contributed by atoms with Gasteiger partial charge in [0.15, 0.2) is 12.2 Å². The Labute approximate surface area is 228 Å². The Hall–Kier alpha value is -3.31. The molecule has 0 aromatic heterocycles. The van der Waals surface area contributed by atoms with Crippen molar-refractivity contribution in [3.63, 3.8) is 0 Å². The number of hydrogen-bond donors (Lipinski definition) is 4. The van der Waals surface area contributed by atoms with E-state index in [1.807, 2.05) is 12.1 Å². The average Bonchev–Trinajstić information content (AvgIpc) is 3.50. The van der Waals surface area contributed by atoms with E-state index in [2.05, 4.69) is 65.3 Å². The number of likely N-dealkylation sites (tertiary alicyclic amines) is 1. The first-order valence-electron chi connectivity index (χ1n) is 13.2. The molecule has 2 aliphatic heterocycles. The predicted molar refractivity (Wildman–Crippen MR) is 143 cm³/mol. The molecule has 2 fully saturated rings. The molecule has 10 heteroatoms. The highest BCUT2D eigenvalue weighted by Gasteiger charge is 2.49. The zero-order valence-electron chi connectivity index (χ0n) is 22.2. The standard InChI is InChI=1S/C25H32N2O2.C4H6O6/c1-21(20-26-16-18-29-19-17-26)25(22-10-4-2-5-11-22,23-12-6-3-7-13-23)24(28)27-14-8-9-15-27;5-1(3(7)8)2(6)4(9)10/h2-7,10-13,21H,8-9,14-20H2,1H3;1-2,5-6H,(H,7,8)(H,9,10)/t21-;/m1./s1. The van der Waals surface area contributed by atoms with E-state index in [1.165, 1.54) is 0 Å². The maximum atomic E-state index is 14.2. The Balaban J connectivity index is 0.000000360. The molecule has 2 aromatic carbocycles. The second-order valence-corrected chi connectivity index (χ2v) is 9.92. The van der Waals surface area contributed by atoms with Crippen LogP contribution in [0.1, 0.15) is 30.9 Å². The third kappa shape index (κ3) is 7.21. The zero-order valence-corrected chi connectivity index (χ0v) is 22.2. The molecule has 2 aromatic rings. The Bertz CT molecular complexity index is 1010. The maximum Gasteiger partial charge on any atom is 0.335 e. The van der Waals surface area contributed by atoms with Gasteiger partial charge < -0.3 is 30.1 Å². The maximum absolute atomic E-state index is 14.2. The summed E-state index contributed by atoms with van der Waals surface area (Å²) in [5.74, 6) is -3.14. The van der Waals surface area contributed by atoms with Gasteiger partial charge >= 0.3 is 11.9 Å². The third-order valence-electron chi connectivity index (χ3n) is 7.37. The Morgan fingerprint density at radius 3 is 1.64 bits per heavy atom. The van der Waals surface area contributed by atoms with Crippen molar-refractivity contribution in [3.8, 4) is 0 Å². The lowest BCUT2D eigenvalue weighted by Gasteiger charge is -2.43. The summed E-state index contributed by atoms with van der Waals surface area (Å²) in [6.45, 7) is 8.28. The van der Waals surface area contributed by atoms with E-state index in [0.717, 1.165) is 69.9 Å². The van der Waals surface area contributed by atoms with Gasteiger partial charge in [-0.05, 0) is 29.9 Å². The smallest absolute Gasteiger partial charge is 0.335 e. The van der Waals surface area contributed by atoms with Crippen LogP contribution >= 0.6 is 0 Å². The molecule has 4 rings (SSSR count). The number of aliphatic hydroxyl groups excluding tert-OH is 2. The fourth-order valence-electron chi connectivity index (χ4n) is 5.34. The normalized spacial score (nSPS) is 18.4. The Kier molecular flexibility index (Phi) is 11.0. The summed E-state index contributed by atoms with van der Waals surface area (Å²) >= 11 is 0. The van der Waals surface area contributed by atoms with Crippen LogP contribution in [0.25, 0.3) is 0 Å². The van der Waals surface area contributed by atoms with Gasteiger partial charge in [0.05, 0.1) is 13.2 Å². The number of carboxylic acids is 2. The van der Waals surface area contributed by atoms with E-state index >= 15 is 0 Å². The summed E-state index contributed by atoms with van der Waals surface area (Å²) < 4.78 is 5.55. The van der Waals surface area contributed by atoms with Crippen LogP contribution in [0.5, 0.6) is 0 Å². The molecule has 0 aliphatic carbocycles. The first-order valence-corrected chi connectivity index (χ1v) is 13.2. The molecule has 0 saturated carbocycles. The molecule has 2 heterocycles. The van der Waals surface area contributed by atoms with Crippen molar-refractivity contribution in [1.82, 2.24) is 9.80 Å². The monoisotopic (exact) mass is 542 g/mol. The summed E-state index contributed by atoms with van der Waals surface area (Å²) in [7, 11) is 0. The van der Waals surface area contributed by atoms with Crippen molar-refractivity contribution >= 4 is 17.8 Å². The van der Waals surface area contributed by atoms with Crippen molar-refractivity contribution in [2.45, 2.75) is 37.4 Å². The number of amides is 1. The topological polar surface area (TPSA) is 148 Å². The van der Waals surface area contributed by atoms with E-state index in [4.69, 9.17) is 25.2 Å². The minimum absolute atomic E-state index is 0.137. The molecule has 39 heavy (non-hydrogen) atoms. The quantitative estimate of drug-likeness (QED) is 0.369. The predicted octanol–water partition coefficient (Wildman–Crippen LogP) is 1.44. The molecule has 2 aliphatic rings. The van der Waals surface area contributed by atoms with E-state index in [0.29, 0.717) is 0 Å². The first-order chi connectivity index (χ1) is 18.7. The molecular formula is C29H38N2O8. The van der Waals surface area contributed by atoms with Gasteiger partial charge in [0.25, 0.3) is 0 Å². The van der Waals surface area contributed by atoms with Crippen LogP contribution in [-0.2, 0) is 24.5 Å². The molecule has 0 bridgehead atoms. The van der Waals surface area contributed by atoms with E-state index in [9.17, 15) is 14.4 Å². The second kappa shape index (κ2) is 14.2. The van der Waals surface area contributed by atoms with Gasteiger partial charge in [-0.25, -0.2) is 9.59 Å². The number of hydrogen-bond acceptors (Lipinski definition) is 7. The van der Waals surface area contributed by atoms with E-state index < -0.39 is 29.6 Å². The zero-order chi connectivity index (χ0) is 28.4. The highest BCUT2D eigenvalue weighted by atomic mass is 16.5. The van der Waals surface area contributed by atoms with Crippen LogP contribution in [0, 0.1) is 5.92 Å². The lowest BCUT2D eigenvalue weighted by molar-refractivity contribution is -0.165. The molecule has 0 radical (unpaired) electrons. The highest BCUT2D eigenvalue weighted by Crippen LogP contribution is 2.42. The molecule has 2 unspecified atom stereocenters. The van der Waals surface area contributed by atoms with Gasteiger partial charge in [0, 0.05) is 32.7 Å². The van der Waals surface area contributed by atoms with Crippen molar-refractivity contribution < 1.29 is 39.5 Å². The first kappa shape index (κ1) is 30.2. The van der Waals surface area contributed by atoms with E-state index in [1.54, 1.807) is 0 Å². The van der Waals surface area contributed by atoms with Crippen LogP contribution < -0.4 is 0 Å². The molecule has 3 atom stereocenters. The average molecular weight is 543 g/mol. The number of rotatable bonds is 9. The van der Waals surface area contributed by atoms with Crippen molar-refractivity contribution in [1.29, 1.82) is 0 Å². The fraction of sp³-hybridized carbons (Fsp3) is 0.483. The third-order valence-corrected chi connectivity index (χ3v) is 7.37. The number of carbonyl (C=O) groups excluding carboxylic acids is 1. The number of nitrogens with zero attached hydrogens (tertiary/aromatic N) is 2. The number of aliphatic hydroxyl groups is 2. The number of carbonyl (C=O) groups is 3. The van der Waals surface area contributed by atoms with Gasteiger partial charge in [-0.1, -0.05) is 67.6 Å². The number of aliphatic carboxylic acids is 2. The van der Waals surface area contributed by atoms with Crippen LogP contribution in [0.3, 0.4) is 0 Å². The fourth-order valence-corrected chi connectivity index (χ4v) is 5.34. The number of ether oxygens (including phenoxy) is 1. The Morgan fingerprint density at radius 2 is 1.23 bits per heavy atom. The number of carboxylic acid groups (broad SMARTS) is 2. The molecule has 212 valence electrons. The van der Waals surface area contributed by atoms with Gasteiger partial charge in [-0.15, -0.1) is 0 Å². The van der Waals surface area contributed by atoms with Crippen LogP contribution in [0.2, 0.25) is 0 Å². The minimum Gasteiger partial charge on any atom is -0.479 e.